The van der Waals surface area contributed by atoms with E-state index < -0.39 is 0 Å². The van der Waals surface area contributed by atoms with Crippen molar-refractivity contribution in [3.63, 3.8) is 0 Å². The normalized spacial score (nSPS) is 15.6. The molecule has 17 heteroatoms. The molecule has 6 heterocycles. The number of nitrogens with one attached hydrogen (secondary N) is 2. The number of benzene rings is 4. The standard InChI is InChI=1S/C61H74N12O5/c1-7-68-29-33-70(34-30-68)51(37-43-13-19-49(20-14-43)72-27-25-45-41-62-60(66-58(45)72)64-47-17-23-53(75-9-3)55(39-47)77-11-5)57(74)52(71-35-31-69(8-2)32-36-71)38-44-15-21-50(22-16-44)73-28-26-46-42-63-61(67-59(46)73)65-48-18-24-54(76-10-4)56(40-48)78-12-6/h13-28,39-42,51-52H,7-12,29-38H2,1-6H3,(H,62,64,66)(H,63,65,67). The van der Waals surface area contributed by atoms with Gasteiger partial charge in [0.05, 0.1) is 38.5 Å². The van der Waals surface area contributed by atoms with Crippen LogP contribution in [0.5, 0.6) is 23.0 Å². The number of likely N-dealkylation sites (N-methyl/N-ethyl adjacent to an activating group) is 2. The first kappa shape index (κ1) is 53.8. The summed E-state index contributed by atoms with van der Waals surface area (Å²) in [6, 6.07) is 32.3. The van der Waals surface area contributed by atoms with Crippen LogP contribution in [0.3, 0.4) is 0 Å². The summed E-state index contributed by atoms with van der Waals surface area (Å²) in [4.78, 5) is 44.8. The molecule has 4 aromatic carbocycles. The van der Waals surface area contributed by atoms with Crippen molar-refractivity contribution < 1.29 is 23.7 Å². The Bertz CT molecular complexity index is 3040. The van der Waals surface area contributed by atoms with Gasteiger partial charge in [-0.15, -0.1) is 0 Å². The van der Waals surface area contributed by atoms with Crippen molar-refractivity contribution in [1.82, 2.24) is 48.7 Å². The lowest BCUT2D eigenvalue weighted by Gasteiger charge is -2.43. The van der Waals surface area contributed by atoms with Gasteiger partial charge in [-0.1, -0.05) is 38.1 Å². The molecule has 2 aliphatic rings. The summed E-state index contributed by atoms with van der Waals surface area (Å²) >= 11 is 0. The zero-order chi connectivity index (χ0) is 54.0. The Balaban J connectivity index is 0.887. The van der Waals surface area contributed by atoms with Crippen LogP contribution in [-0.2, 0) is 17.6 Å². The van der Waals surface area contributed by atoms with Gasteiger partial charge in [-0.25, -0.2) is 9.97 Å². The smallest absolute Gasteiger partial charge is 0.229 e. The second-order valence-corrected chi connectivity index (χ2v) is 19.7. The van der Waals surface area contributed by atoms with Gasteiger partial charge in [0.1, 0.15) is 11.3 Å². The fraction of sp³-hybridized carbons (Fsp3) is 0.393. The van der Waals surface area contributed by atoms with E-state index in [9.17, 15) is 0 Å². The monoisotopic (exact) mass is 1050 g/mol. The summed E-state index contributed by atoms with van der Waals surface area (Å²) in [6.45, 7) is 23.6. The number of hydrogen-bond acceptors (Lipinski definition) is 15. The molecule has 8 aromatic rings. The van der Waals surface area contributed by atoms with Gasteiger partial charge in [-0.2, -0.15) is 9.97 Å². The second-order valence-electron chi connectivity index (χ2n) is 19.7. The Morgan fingerprint density at radius 1 is 0.487 bits per heavy atom. The molecule has 2 aliphatic heterocycles. The van der Waals surface area contributed by atoms with Crippen molar-refractivity contribution in [3.8, 4) is 34.4 Å². The molecule has 10 rings (SSSR count). The number of fused-ring (bicyclic) bond motifs is 2. The molecule has 2 saturated heterocycles. The number of Topliss-reactive ketones (excluding diaryl/α,β-unsaturated/α-hetero) is 1. The van der Waals surface area contributed by atoms with Gasteiger partial charge >= 0.3 is 0 Å². The topological polar surface area (TPSA) is 152 Å². The molecular weight excluding hydrogens is 981 g/mol. The van der Waals surface area contributed by atoms with E-state index in [4.69, 9.17) is 28.9 Å². The Hall–Kier alpha value is -7.57. The number of anilines is 4. The van der Waals surface area contributed by atoms with E-state index in [0.717, 1.165) is 121 Å². The van der Waals surface area contributed by atoms with Crippen molar-refractivity contribution in [2.45, 2.75) is 66.5 Å². The van der Waals surface area contributed by atoms with Crippen LogP contribution in [0.25, 0.3) is 33.4 Å². The maximum Gasteiger partial charge on any atom is 0.229 e. The number of carbonyl (C=O) groups excluding carboxylic acids is 1. The van der Waals surface area contributed by atoms with E-state index in [0.29, 0.717) is 79.9 Å². The molecule has 0 saturated carbocycles. The predicted octanol–water partition coefficient (Wildman–Crippen LogP) is 9.60. The molecule has 78 heavy (non-hydrogen) atoms. The zero-order valence-electron chi connectivity index (χ0n) is 46.0. The molecule has 0 spiro atoms. The van der Waals surface area contributed by atoms with Crippen molar-refractivity contribution in [2.24, 2.45) is 0 Å². The number of hydrogen-bond donors (Lipinski definition) is 2. The van der Waals surface area contributed by atoms with Crippen LogP contribution in [0.1, 0.15) is 52.7 Å². The van der Waals surface area contributed by atoms with Crippen LogP contribution in [0, 0.1) is 0 Å². The molecule has 2 unspecified atom stereocenters. The fourth-order valence-corrected chi connectivity index (χ4v) is 10.7. The summed E-state index contributed by atoms with van der Waals surface area (Å²) in [5.41, 5.74) is 7.37. The second kappa shape index (κ2) is 25.3. The van der Waals surface area contributed by atoms with E-state index in [1.807, 2.05) is 101 Å². The van der Waals surface area contributed by atoms with Gasteiger partial charge in [0.25, 0.3) is 0 Å². The maximum atomic E-state index is 15.7. The predicted molar refractivity (Wildman–Crippen MR) is 309 cm³/mol. The average Bonchev–Trinajstić information content (AvgIpc) is 4.11. The molecule has 2 N–H and O–H groups in total. The lowest BCUT2D eigenvalue weighted by atomic mass is 9.91. The quantitative estimate of drug-likeness (QED) is 0.0590. The highest BCUT2D eigenvalue weighted by atomic mass is 16.5. The molecule has 0 radical (unpaired) electrons. The largest absolute Gasteiger partial charge is 0.490 e. The highest BCUT2D eigenvalue weighted by molar-refractivity contribution is 5.90. The number of ether oxygens (including phenoxy) is 4. The summed E-state index contributed by atoms with van der Waals surface area (Å²) < 4.78 is 27.5. The van der Waals surface area contributed by atoms with Gasteiger partial charge in [0.15, 0.2) is 28.8 Å². The first-order valence-corrected chi connectivity index (χ1v) is 27.9. The highest BCUT2D eigenvalue weighted by Crippen LogP contribution is 2.34. The lowest BCUT2D eigenvalue weighted by Crippen LogP contribution is -2.60. The average molecular weight is 1060 g/mol. The number of carbonyl (C=O) groups is 1. The number of aromatic nitrogens is 6. The van der Waals surface area contributed by atoms with E-state index in [2.05, 4.69) is 112 Å². The summed E-state index contributed by atoms with van der Waals surface area (Å²) in [5, 5.41) is 8.58. The van der Waals surface area contributed by atoms with Crippen molar-refractivity contribution >= 4 is 51.1 Å². The zero-order valence-corrected chi connectivity index (χ0v) is 46.0. The van der Waals surface area contributed by atoms with E-state index in [-0.39, 0.29) is 12.1 Å². The first-order valence-electron chi connectivity index (χ1n) is 27.9. The molecule has 17 nitrogen and oxygen atoms in total. The Morgan fingerprint density at radius 3 is 1.24 bits per heavy atom. The van der Waals surface area contributed by atoms with Gasteiger partial charge < -0.3 is 48.5 Å². The number of ketones is 1. The van der Waals surface area contributed by atoms with Crippen LogP contribution in [0.15, 0.2) is 122 Å². The van der Waals surface area contributed by atoms with E-state index in [1.54, 1.807) is 0 Å². The summed E-state index contributed by atoms with van der Waals surface area (Å²) in [5.74, 6) is 3.97. The molecule has 4 aromatic heterocycles. The molecule has 2 fully saturated rings. The molecule has 0 bridgehead atoms. The van der Waals surface area contributed by atoms with Crippen molar-refractivity contribution in [3.05, 3.63) is 133 Å². The Labute approximate surface area is 458 Å². The minimum absolute atomic E-state index is 0.287. The van der Waals surface area contributed by atoms with Crippen LogP contribution in [0.2, 0.25) is 0 Å². The molecule has 408 valence electrons. The van der Waals surface area contributed by atoms with Crippen LogP contribution in [-0.4, -0.2) is 158 Å². The van der Waals surface area contributed by atoms with Gasteiger partial charge in [-0.3, -0.25) is 14.6 Å². The van der Waals surface area contributed by atoms with Gasteiger partial charge in [0.2, 0.25) is 11.9 Å². The van der Waals surface area contributed by atoms with Crippen molar-refractivity contribution in [1.29, 1.82) is 0 Å². The van der Waals surface area contributed by atoms with E-state index in [1.165, 1.54) is 0 Å². The minimum atomic E-state index is -0.287. The number of piperazine rings is 2. The van der Waals surface area contributed by atoms with E-state index >= 15 is 4.79 Å². The summed E-state index contributed by atoms with van der Waals surface area (Å²) in [6.07, 6.45) is 8.99. The summed E-state index contributed by atoms with van der Waals surface area (Å²) in [7, 11) is 0. The molecular formula is C61H74N12O5. The number of nitrogens with zero attached hydrogens (tertiary/aromatic N) is 10. The molecule has 2 atom stereocenters. The maximum absolute atomic E-state index is 15.7. The first-order chi connectivity index (χ1) is 38.2. The van der Waals surface area contributed by atoms with Gasteiger partial charge in [0, 0.05) is 123 Å². The highest BCUT2D eigenvalue weighted by Gasteiger charge is 2.37. The lowest BCUT2D eigenvalue weighted by molar-refractivity contribution is -0.131. The minimum Gasteiger partial charge on any atom is -0.490 e. The van der Waals surface area contributed by atoms with Gasteiger partial charge in [-0.05, 0) is 125 Å². The molecule has 0 aliphatic carbocycles. The Morgan fingerprint density at radius 2 is 0.872 bits per heavy atom. The SMILES string of the molecule is CCOc1ccc(Nc2ncc3ccn(-c4ccc(CC(C(=O)C(Cc5ccc(-n6ccc7cnc(Nc8ccc(OCC)c(OCC)c8)nc76)cc5)N5CCN(CC)CC5)N5CCN(CC)CC5)cc4)c3n2)cc1OCC. The van der Waals surface area contributed by atoms with Crippen LogP contribution >= 0.6 is 0 Å². The van der Waals surface area contributed by atoms with Crippen LogP contribution in [0.4, 0.5) is 23.3 Å². The third-order valence-corrected chi connectivity index (χ3v) is 15.0. The molecule has 0 amide bonds. The Kier molecular flexibility index (Phi) is 17.4. The number of rotatable bonds is 24. The third-order valence-electron chi connectivity index (χ3n) is 15.0. The third kappa shape index (κ3) is 12.4. The van der Waals surface area contributed by atoms with Crippen molar-refractivity contribution in [2.75, 3.05) is 103 Å². The fourth-order valence-electron chi connectivity index (χ4n) is 10.7. The van der Waals surface area contributed by atoms with Crippen LogP contribution < -0.4 is 29.6 Å².